The summed E-state index contributed by atoms with van der Waals surface area (Å²) in [4.78, 5) is 72.6. The largest absolute Gasteiger partial charge is 0.484 e. The molecule has 0 saturated heterocycles. The Bertz CT molecular complexity index is 2340. The monoisotopic (exact) mass is 783 g/mol. The van der Waals surface area contributed by atoms with Crippen LogP contribution in [0.15, 0.2) is 127 Å². The molecule has 8 rings (SSSR count). The number of aromatic amines is 1. The number of hydrogen-bond donors (Lipinski definition) is 6. The first-order chi connectivity index (χ1) is 27.7. The maximum absolute atomic E-state index is 14.5. The SMILES string of the molecule is O=C1COc2ccc(cc2)C[C@@H](C(=O)O)NC(=O)[C@H](Cc2c[nH]c3ccccc23)NC(=O)[C@@H](Cc2ccc(-c3ccccc3)cc2)NC(=O)[C@H](Cc2cccs2)N1. The lowest BCUT2D eigenvalue weighted by molar-refractivity contribution is -0.142. The molecule has 13 heteroatoms. The van der Waals surface area contributed by atoms with Crippen LogP contribution in [0.5, 0.6) is 5.75 Å². The maximum Gasteiger partial charge on any atom is 0.326 e. The van der Waals surface area contributed by atoms with Gasteiger partial charge in [-0.05, 0) is 57.5 Å². The van der Waals surface area contributed by atoms with Gasteiger partial charge in [0, 0.05) is 47.7 Å². The second-order valence-corrected chi connectivity index (χ2v) is 14.9. The normalized spacial score (nSPS) is 19.6. The van der Waals surface area contributed by atoms with E-state index in [0.717, 1.165) is 38.0 Å². The van der Waals surface area contributed by atoms with Gasteiger partial charge in [-0.2, -0.15) is 0 Å². The number of hydrogen-bond acceptors (Lipinski definition) is 7. The molecule has 2 aliphatic rings. The number of amides is 4. The van der Waals surface area contributed by atoms with Crippen molar-refractivity contribution in [1.29, 1.82) is 0 Å². The van der Waals surface area contributed by atoms with Crippen LogP contribution in [0.3, 0.4) is 0 Å². The van der Waals surface area contributed by atoms with Crippen molar-refractivity contribution in [1.82, 2.24) is 26.3 Å². The zero-order valence-corrected chi connectivity index (χ0v) is 31.6. The molecule has 12 nitrogen and oxygen atoms in total. The molecule has 2 aliphatic heterocycles. The van der Waals surface area contributed by atoms with E-state index in [9.17, 15) is 29.1 Å². The molecule has 4 aromatic carbocycles. The summed E-state index contributed by atoms with van der Waals surface area (Å²) in [6.45, 7) is -0.394. The van der Waals surface area contributed by atoms with Crippen molar-refractivity contribution >= 4 is 51.8 Å². The van der Waals surface area contributed by atoms with Crippen LogP contribution < -0.4 is 26.0 Å². The minimum absolute atomic E-state index is 0.0173. The molecule has 6 aromatic rings. The lowest BCUT2D eigenvalue weighted by Crippen LogP contribution is -2.59. The van der Waals surface area contributed by atoms with Gasteiger partial charge in [0.2, 0.25) is 17.7 Å². The van der Waals surface area contributed by atoms with E-state index < -0.39 is 60.4 Å². The summed E-state index contributed by atoms with van der Waals surface area (Å²) in [7, 11) is 0. The number of H-pyrrole nitrogens is 1. The minimum Gasteiger partial charge on any atom is -0.484 e. The van der Waals surface area contributed by atoms with Crippen LogP contribution in [0.25, 0.3) is 22.0 Å². The summed E-state index contributed by atoms with van der Waals surface area (Å²) in [5, 5.41) is 24.1. The fourth-order valence-corrected chi connectivity index (χ4v) is 7.59. The van der Waals surface area contributed by atoms with Crippen LogP contribution >= 0.6 is 11.3 Å². The first kappa shape index (κ1) is 38.5. The lowest BCUT2D eigenvalue weighted by Gasteiger charge is -2.26. The highest BCUT2D eigenvalue weighted by Crippen LogP contribution is 2.22. The Morgan fingerprint density at radius 2 is 1.32 bits per heavy atom. The van der Waals surface area contributed by atoms with E-state index in [1.807, 2.05) is 96.4 Å². The second-order valence-electron chi connectivity index (χ2n) is 13.9. The number of rotatable bonds is 8. The van der Waals surface area contributed by atoms with Crippen LogP contribution in [0, 0.1) is 0 Å². The van der Waals surface area contributed by atoms with Crippen LogP contribution in [0.4, 0.5) is 0 Å². The molecule has 2 bridgehead atoms. The summed E-state index contributed by atoms with van der Waals surface area (Å²) in [5.41, 5.74) is 4.86. The van der Waals surface area contributed by atoms with Gasteiger partial charge in [-0.3, -0.25) is 19.2 Å². The van der Waals surface area contributed by atoms with Crippen molar-refractivity contribution in [3.8, 4) is 16.9 Å². The van der Waals surface area contributed by atoms with Crippen molar-refractivity contribution in [3.05, 3.63) is 148 Å². The topological polar surface area (TPSA) is 179 Å². The summed E-state index contributed by atoms with van der Waals surface area (Å²) >= 11 is 1.43. The number of nitrogens with one attached hydrogen (secondary N) is 5. The standard InChI is InChI=1S/C44H41N5O7S/c50-40-26-56-32-18-14-28(15-19-32)22-39(44(54)55)49-42(52)37(23-31-25-45-35-11-5-4-10-34(31)35)48-41(51)36(47-43(53)38(46-40)24-33-9-6-20-57-33)21-27-12-16-30(17-13-27)29-7-2-1-3-8-29/h1-20,25,36-39,45H,21-24,26H2,(H,46,50)(H,47,53)(H,48,51)(H,49,52)(H,54,55)/t36-,37+,38+,39+/m1/s1. The molecule has 0 fully saturated rings. The van der Waals surface area contributed by atoms with Gasteiger partial charge in [0.25, 0.3) is 5.91 Å². The summed E-state index contributed by atoms with van der Waals surface area (Å²) in [5.74, 6) is -3.44. The number of ether oxygens (including phenoxy) is 1. The number of carbonyl (C=O) groups excluding carboxylic acids is 4. The van der Waals surface area contributed by atoms with Gasteiger partial charge in [0.1, 0.15) is 29.9 Å². The van der Waals surface area contributed by atoms with Crippen LogP contribution in [0.1, 0.15) is 21.6 Å². The Kier molecular flexibility index (Phi) is 12.0. The first-order valence-corrected chi connectivity index (χ1v) is 19.4. The number of carboxylic acids is 1. The molecule has 6 N–H and O–H groups in total. The number of aliphatic carboxylic acids is 1. The van der Waals surface area contributed by atoms with E-state index >= 15 is 0 Å². The number of fused-ring (bicyclic) bond motifs is 17. The molecular formula is C44H41N5O7S. The van der Waals surface area contributed by atoms with Crippen molar-refractivity contribution in [2.24, 2.45) is 0 Å². The van der Waals surface area contributed by atoms with Crippen LogP contribution in [-0.2, 0) is 49.7 Å². The highest BCUT2D eigenvalue weighted by molar-refractivity contribution is 7.09. The molecular weight excluding hydrogens is 743 g/mol. The number of thiophene rings is 1. The van der Waals surface area contributed by atoms with E-state index in [4.69, 9.17) is 4.74 Å². The highest BCUT2D eigenvalue weighted by atomic mass is 32.1. The number of carboxylic acid groups (broad SMARTS) is 1. The highest BCUT2D eigenvalue weighted by Gasteiger charge is 2.33. The fraction of sp³-hybridized carbons (Fsp3) is 0.205. The molecule has 4 heterocycles. The van der Waals surface area contributed by atoms with Crippen LogP contribution in [-0.4, -0.2) is 70.5 Å². The van der Waals surface area contributed by atoms with Gasteiger partial charge >= 0.3 is 5.97 Å². The van der Waals surface area contributed by atoms with Crippen LogP contribution in [0.2, 0.25) is 0 Å². The van der Waals surface area contributed by atoms with E-state index in [0.29, 0.717) is 11.3 Å². The van der Waals surface area contributed by atoms with Gasteiger partial charge in [0.05, 0.1) is 0 Å². The predicted octanol–water partition coefficient (Wildman–Crippen LogP) is 4.58. The Labute approximate surface area is 332 Å². The third-order valence-electron chi connectivity index (χ3n) is 9.85. The quantitative estimate of drug-likeness (QED) is 0.122. The van der Waals surface area contributed by atoms with Crippen molar-refractivity contribution in [2.75, 3.05) is 6.61 Å². The van der Waals surface area contributed by atoms with Gasteiger partial charge < -0.3 is 36.1 Å². The predicted molar refractivity (Wildman–Crippen MR) is 217 cm³/mol. The number of benzene rings is 4. The molecule has 0 radical (unpaired) electrons. The summed E-state index contributed by atoms with van der Waals surface area (Å²) < 4.78 is 5.71. The Morgan fingerprint density at radius 1 is 0.667 bits per heavy atom. The molecule has 57 heavy (non-hydrogen) atoms. The Morgan fingerprint density at radius 3 is 2.02 bits per heavy atom. The van der Waals surface area contributed by atoms with Gasteiger partial charge in [-0.15, -0.1) is 11.3 Å². The lowest BCUT2D eigenvalue weighted by atomic mass is 9.99. The summed E-state index contributed by atoms with van der Waals surface area (Å²) in [6.07, 6.45) is 1.91. The number of para-hydroxylation sites is 1. The average Bonchev–Trinajstić information content (AvgIpc) is 3.90. The van der Waals surface area contributed by atoms with Gasteiger partial charge in [0.15, 0.2) is 6.61 Å². The molecule has 290 valence electrons. The van der Waals surface area contributed by atoms with Crippen molar-refractivity contribution in [2.45, 2.75) is 49.9 Å². The molecule has 2 aromatic heterocycles. The van der Waals surface area contributed by atoms with E-state index in [1.165, 1.54) is 11.3 Å². The van der Waals surface area contributed by atoms with Crippen molar-refractivity contribution < 1.29 is 33.8 Å². The fourth-order valence-electron chi connectivity index (χ4n) is 6.84. The van der Waals surface area contributed by atoms with E-state index in [2.05, 4.69) is 26.3 Å². The van der Waals surface area contributed by atoms with E-state index in [-0.39, 0.29) is 25.7 Å². The summed E-state index contributed by atoms with van der Waals surface area (Å²) in [6, 6.07) is 30.3. The van der Waals surface area contributed by atoms with Gasteiger partial charge in [-0.25, -0.2) is 4.79 Å². The minimum atomic E-state index is -1.34. The smallest absolute Gasteiger partial charge is 0.326 e. The average molecular weight is 784 g/mol. The zero-order valence-electron chi connectivity index (χ0n) is 30.8. The molecule has 4 amide bonds. The number of carbonyl (C=O) groups is 5. The molecule has 0 unspecified atom stereocenters. The van der Waals surface area contributed by atoms with E-state index in [1.54, 1.807) is 30.5 Å². The zero-order chi connectivity index (χ0) is 39.7. The molecule has 4 atom stereocenters. The molecule has 0 aliphatic carbocycles. The third-order valence-corrected chi connectivity index (χ3v) is 10.7. The maximum atomic E-state index is 14.5. The van der Waals surface area contributed by atoms with Gasteiger partial charge in [-0.1, -0.05) is 91.0 Å². The molecule has 0 saturated carbocycles. The third kappa shape index (κ3) is 9.93. The first-order valence-electron chi connectivity index (χ1n) is 18.6. The Hall–Kier alpha value is -6.73. The number of aromatic nitrogens is 1. The Balaban J connectivity index is 1.24. The van der Waals surface area contributed by atoms with Crippen molar-refractivity contribution in [3.63, 3.8) is 0 Å². The molecule has 0 spiro atoms. The second kappa shape index (κ2) is 17.8.